The highest BCUT2D eigenvalue weighted by atomic mass is 16.3. The van der Waals surface area contributed by atoms with Gasteiger partial charge in [0.1, 0.15) is 5.75 Å². The first kappa shape index (κ1) is 13.7. The van der Waals surface area contributed by atoms with Gasteiger partial charge in [0.25, 0.3) is 5.91 Å². The molecule has 104 valence electrons. The summed E-state index contributed by atoms with van der Waals surface area (Å²) in [7, 11) is 0. The van der Waals surface area contributed by atoms with Gasteiger partial charge in [-0.1, -0.05) is 19.8 Å². The normalized spacial score (nSPS) is 23.0. The van der Waals surface area contributed by atoms with E-state index in [2.05, 4.69) is 12.2 Å². The number of hydrogen-bond donors (Lipinski definition) is 3. The van der Waals surface area contributed by atoms with E-state index < -0.39 is 0 Å². The van der Waals surface area contributed by atoms with Gasteiger partial charge < -0.3 is 16.2 Å². The highest BCUT2D eigenvalue weighted by Crippen LogP contribution is 2.28. The number of carbonyl (C=O) groups excluding carboxylic acids is 1. The van der Waals surface area contributed by atoms with Crippen LogP contribution in [0, 0.1) is 11.8 Å². The molecule has 2 unspecified atom stereocenters. The number of rotatable bonds is 3. The van der Waals surface area contributed by atoms with Gasteiger partial charge in [0.15, 0.2) is 0 Å². The van der Waals surface area contributed by atoms with Crippen molar-refractivity contribution in [3.8, 4) is 5.75 Å². The Kier molecular flexibility index (Phi) is 4.30. The number of hydrogen-bond acceptors (Lipinski definition) is 3. The number of nitrogen functional groups attached to an aromatic ring is 1. The van der Waals surface area contributed by atoms with E-state index in [-0.39, 0.29) is 11.7 Å². The summed E-state index contributed by atoms with van der Waals surface area (Å²) in [6.07, 6.45) is 4.90. The number of amides is 1. The number of anilines is 1. The van der Waals surface area contributed by atoms with E-state index in [0.717, 1.165) is 5.92 Å². The van der Waals surface area contributed by atoms with Gasteiger partial charge in [-0.25, -0.2) is 0 Å². The van der Waals surface area contributed by atoms with Crippen LogP contribution in [0.2, 0.25) is 0 Å². The molecule has 4 nitrogen and oxygen atoms in total. The SMILES string of the molecule is CC1CCCC(CNC(=O)c2cc(O)ccc2N)C1. The summed E-state index contributed by atoms with van der Waals surface area (Å²) < 4.78 is 0. The molecule has 2 atom stereocenters. The largest absolute Gasteiger partial charge is 0.508 e. The molecule has 0 aromatic heterocycles. The minimum absolute atomic E-state index is 0.0608. The summed E-state index contributed by atoms with van der Waals surface area (Å²) in [4.78, 5) is 12.0. The summed E-state index contributed by atoms with van der Waals surface area (Å²) >= 11 is 0. The van der Waals surface area contributed by atoms with Gasteiger partial charge in [-0.3, -0.25) is 4.79 Å². The van der Waals surface area contributed by atoms with Crippen LogP contribution in [0.1, 0.15) is 43.0 Å². The van der Waals surface area contributed by atoms with Crippen LogP contribution in [0.15, 0.2) is 18.2 Å². The fourth-order valence-electron chi connectivity index (χ4n) is 2.82. The van der Waals surface area contributed by atoms with Crippen molar-refractivity contribution in [1.82, 2.24) is 5.32 Å². The molecule has 1 aromatic rings. The molecule has 1 aliphatic carbocycles. The number of nitrogens with one attached hydrogen (secondary N) is 1. The average Bonchev–Trinajstić information content (AvgIpc) is 2.39. The predicted octanol–water partition coefficient (Wildman–Crippen LogP) is 2.53. The fourth-order valence-corrected chi connectivity index (χ4v) is 2.82. The second-order valence-corrected chi connectivity index (χ2v) is 5.62. The van der Waals surface area contributed by atoms with Crippen LogP contribution in [0.25, 0.3) is 0 Å². The highest BCUT2D eigenvalue weighted by Gasteiger charge is 2.20. The Labute approximate surface area is 114 Å². The van der Waals surface area contributed by atoms with E-state index >= 15 is 0 Å². The molecular weight excluding hydrogens is 240 g/mol. The quantitative estimate of drug-likeness (QED) is 0.579. The van der Waals surface area contributed by atoms with Crippen molar-refractivity contribution < 1.29 is 9.90 Å². The van der Waals surface area contributed by atoms with Crippen molar-refractivity contribution in [3.05, 3.63) is 23.8 Å². The van der Waals surface area contributed by atoms with E-state index in [1.54, 1.807) is 6.07 Å². The van der Waals surface area contributed by atoms with Gasteiger partial charge >= 0.3 is 0 Å². The third-order valence-electron chi connectivity index (χ3n) is 3.88. The molecule has 0 saturated heterocycles. The maximum atomic E-state index is 12.0. The monoisotopic (exact) mass is 262 g/mol. The van der Waals surface area contributed by atoms with E-state index in [1.807, 2.05) is 0 Å². The average molecular weight is 262 g/mol. The second kappa shape index (κ2) is 5.95. The third-order valence-corrected chi connectivity index (χ3v) is 3.88. The van der Waals surface area contributed by atoms with Crippen molar-refractivity contribution in [3.63, 3.8) is 0 Å². The molecule has 0 aliphatic heterocycles. The zero-order valence-electron chi connectivity index (χ0n) is 11.4. The molecule has 0 spiro atoms. The van der Waals surface area contributed by atoms with Gasteiger partial charge in [0.05, 0.1) is 5.56 Å². The minimum atomic E-state index is -0.202. The molecule has 0 heterocycles. The number of nitrogens with two attached hydrogens (primary N) is 1. The second-order valence-electron chi connectivity index (χ2n) is 5.62. The van der Waals surface area contributed by atoms with Gasteiger partial charge in [0.2, 0.25) is 0 Å². The lowest BCUT2D eigenvalue weighted by molar-refractivity contribution is 0.0941. The Morgan fingerprint density at radius 1 is 1.47 bits per heavy atom. The highest BCUT2D eigenvalue weighted by molar-refractivity contribution is 5.99. The molecule has 1 aromatic carbocycles. The number of phenols is 1. The Bertz CT molecular complexity index is 459. The van der Waals surface area contributed by atoms with Crippen LogP contribution in [0.4, 0.5) is 5.69 Å². The smallest absolute Gasteiger partial charge is 0.253 e. The first-order valence-electron chi connectivity index (χ1n) is 6.93. The van der Waals surface area contributed by atoms with Gasteiger partial charge in [-0.05, 0) is 42.9 Å². The van der Waals surface area contributed by atoms with Crippen molar-refractivity contribution in [2.24, 2.45) is 11.8 Å². The Hall–Kier alpha value is -1.71. The molecule has 1 fully saturated rings. The predicted molar refractivity (Wildman–Crippen MR) is 76.0 cm³/mol. The summed E-state index contributed by atoms with van der Waals surface area (Å²) in [5.74, 6) is 1.17. The zero-order valence-corrected chi connectivity index (χ0v) is 11.4. The lowest BCUT2D eigenvalue weighted by Crippen LogP contribution is -2.31. The van der Waals surface area contributed by atoms with Crippen molar-refractivity contribution in [2.75, 3.05) is 12.3 Å². The first-order chi connectivity index (χ1) is 9.06. The molecule has 1 saturated carbocycles. The third kappa shape index (κ3) is 3.63. The topological polar surface area (TPSA) is 75.3 Å². The van der Waals surface area contributed by atoms with Crippen molar-refractivity contribution >= 4 is 11.6 Å². The molecule has 19 heavy (non-hydrogen) atoms. The molecule has 0 bridgehead atoms. The van der Waals surface area contributed by atoms with Crippen LogP contribution >= 0.6 is 0 Å². The Morgan fingerprint density at radius 3 is 3.00 bits per heavy atom. The molecule has 4 N–H and O–H groups in total. The maximum Gasteiger partial charge on any atom is 0.253 e. The lowest BCUT2D eigenvalue weighted by atomic mass is 9.82. The lowest BCUT2D eigenvalue weighted by Gasteiger charge is -2.26. The van der Waals surface area contributed by atoms with Crippen LogP contribution in [0.3, 0.4) is 0 Å². The van der Waals surface area contributed by atoms with Crippen LogP contribution < -0.4 is 11.1 Å². The zero-order chi connectivity index (χ0) is 13.8. The van der Waals surface area contributed by atoms with E-state index in [0.29, 0.717) is 23.7 Å². The molecule has 0 radical (unpaired) electrons. The summed E-state index contributed by atoms with van der Waals surface area (Å²) in [5.41, 5.74) is 6.50. The van der Waals surface area contributed by atoms with Gasteiger partial charge in [0, 0.05) is 12.2 Å². The van der Waals surface area contributed by atoms with E-state index in [9.17, 15) is 9.90 Å². The summed E-state index contributed by atoms with van der Waals surface area (Å²) in [5, 5.41) is 12.3. The maximum absolute atomic E-state index is 12.0. The first-order valence-corrected chi connectivity index (χ1v) is 6.93. The summed E-state index contributed by atoms with van der Waals surface area (Å²) in [6.45, 7) is 2.96. The van der Waals surface area contributed by atoms with Crippen LogP contribution in [-0.4, -0.2) is 17.6 Å². The number of carbonyl (C=O) groups is 1. The Morgan fingerprint density at radius 2 is 2.26 bits per heavy atom. The minimum Gasteiger partial charge on any atom is -0.508 e. The molecular formula is C15H22N2O2. The van der Waals surface area contributed by atoms with Crippen LogP contribution in [0.5, 0.6) is 5.75 Å². The van der Waals surface area contributed by atoms with Crippen molar-refractivity contribution in [2.45, 2.75) is 32.6 Å². The van der Waals surface area contributed by atoms with Gasteiger partial charge in [-0.15, -0.1) is 0 Å². The van der Waals surface area contributed by atoms with E-state index in [1.165, 1.54) is 37.8 Å². The Balaban J connectivity index is 1.92. The molecule has 2 rings (SSSR count). The van der Waals surface area contributed by atoms with Gasteiger partial charge in [-0.2, -0.15) is 0 Å². The molecule has 4 heteroatoms. The number of aromatic hydroxyl groups is 1. The van der Waals surface area contributed by atoms with Crippen molar-refractivity contribution in [1.29, 1.82) is 0 Å². The number of phenolic OH excluding ortho intramolecular Hbond substituents is 1. The molecule has 1 aliphatic rings. The standard InChI is InChI=1S/C15H22N2O2/c1-10-3-2-4-11(7-10)9-17-15(19)13-8-12(18)5-6-14(13)16/h5-6,8,10-11,18H,2-4,7,9,16H2,1H3,(H,17,19). The summed E-state index contributed by atoms with van der Waals surface area (Å²) in [6, 6.07) is 4.44. The molecule has 1 amide bonds. The fraction of sp³-hybridized carbons (Fsp3) is 0.533. The van der Waals surface area contributed by atoms with Crippen LogP contribution in [-0.2, 0) is 0 Å². The van der Waals surface area contributed by atoms with E-state index in [4.69, 9.17) is 5.73 Å². The number of benzene rings is 1.